The summed E-state index contributed by atoms with van der Waals surface area (Å²) >= 11 is 0. The number of nitrogens with zero attached hydrogens (tertiary/aromatic N) is 2. The normalized spacial score (nSPS) is 10.7. The number of hydrogen-bond donors (Lipinski definition) is 0. The van der Waals surface area contributed by atoms with Crippen LogP contribution in [0.5, 0.6) is 34.5 Å². The van der Waals surface area contributed by atoms with Crippen molar-refractivity contribution in [2.24, 2.45) is 0 Å². The first-order valence-electron chi connectivity index (χ1n) is 10.3. The molecular weight excluding hydrogens is 460 g/mol. The highest BCUT2D eigenvalue weighted by Gasteiger charge is 2.18. The molecule has 0 saturated heterocycles. The van der Waals surface area contributed by atoms with Crippen molar-refractivity contribution in [3.63, 3.8) is 0 Å². The SMILES string of the molecule is COc1cc(OC)c(OC)cc1/C=C/C(=O)OCc1nnc(-c2cc(OC)c(OC)c(OC)c2)o1. The van der Waals surface area contributed by atoms with E-state index in [1.54, 1.807) is 24.3 Å². The molecule has 0 radical (unpaired) electrons. The molecule has 11 nitrogen and oxygen atoms in total. The lowest BCUT2D eigenvalue weighted by Gasteiger charge is -2.12. The first-order chi connectivity index (χ1) is 17.0. The largest absolute Gasteiger partial charge is 0.496 e. The number of aromatic nitrogens is 2. The second-order valence-electron chi connectivity index (χ2n) is 6.81. The molecule has 11 heteroatoms. The van der Waals surface area contributed by atoms with Crippen LogP contribution in [-0.2, 0) is 16.1 Å². The van der Waals surface area contributed by atoms with Gasteiger partial charge in [0.1, 0.15) is 5.75 Å². The van der Waals surface area contributed by atoms with Gasteiger partial charge in [-0.05, 0) is 24.3 Å². The van der Waals surface area contributed by atoms with E-state index in [1.807, 2.05) is 0 Å². The quantitative estimate of drug-likeness (QED) is 0.292. The Labute approximate surface area is 202 Å². The van der Waals surface area contributed by atoms with Gasteiger partial charge < -0.3 is 37.6 Å². The first kappa shape index (κ1) is 25.2. The molecular formula is C24H26N2O9. The number of benzene rings is 2. The predicted molar refractivity (Wildman–Crippen MR) is 124 cm³/mol. The van der Waals surface area contributed by atoms with Crippen LogP contribution in [0.25, 0.3) is 17.5 Å². The van der Waals surface area contributed by atoms with Crippen molar-refractivity contribution in [2.75, 3.05) is 42.7 Å². The van der Waals surface area contributed by atoms with Gasteiger partial charge in [-0.3, -0.25) is 0 Å². The zero-order valence-electron chi connectivity index (χ0n) is 20.2. The molecule has 0 spiro atoms. The summed E-state index contributed by atoms with van der Waals surface area (Å²) in [7, 11) is 9.07. The van der Waals surface area contributed by atoms with E-state index in [4.69, 9.17) is 37.6 Å². The summed E-state index contributed by atoms with van der Waals surface area (Å²) in [4.78, 5) is 12.2. The van der Waals surface area contributed by atoms with Crippen LogP contribution >= 0.6 is 0 Å². The van der Waals surface area contributed by atoms with Crippen molar-refractivity contribution < 1.29 is 42.4 Å². The summed E-state index contributed by atoms with van der Waals surface area (Å²) in [5, 5.41) is 7.93. The van der Waals surface area contributed by atoms with Gasteiger partial charge in [-0.25, -0.2) is 4.79 Å². The molecule has 0 bridgehead atoms. The lowest BCUT2D eigenvalue weighted by Crippen LogP contribution is -2.01. The van der Waals surface area contributed by atoms with Gasteiger partial charge in [0, 0.05) is 23.3 Å². The number of esters is 1. The minimum Gasteiger partial charge on any atom is -0.496 e. The highest BCUT2D eigenvalue weighted by atomic mass is 16.5. The number of hydrogen-bond acceptors (Lipinski definition) is 11. The molecule has 0 atom stereocenters. The maximum atomic E-state index is 12.2. The molecule has 0 aliphatic heterocycles. The molecule has 1 aromatic heterocycles. The van der Waals surface area contributed by atoms with Gasteiger partial charge in [0.05, 0.1) is 42.7 Å². The molecule has 3 aromatic rings. The molecule has 0 fully saturated rings. The van der Waals surface area contributed by atoms with E-state index in [2.05, 4.69) is 10.2 Å². The average Bonchev–Trinajstić information content (AvgIpc) is 3.38. The summed E-state index contributed by atoms with van der Waals surface area (Å²) in [5.41, 5.74) is 1.15. The topological polar surface area (TPSA) is 121 Å². The van der Waals surface area contributed by atoms with Gasteiger partial charge in [0.2, 0.25) is 11.6 Å². The van der Waals surface area contributed by atoms with Gasteiger partial charge in [-0.15, -0.1) is 10.2 Å². The van der Waals surface area contributed by atoms with Crippen LogP contribution in [0.1, 0.15) is 11.5 Å². The van der Waals surface area contributed by atoms with Crippen molar-refractivity contribution in [1.82, 2.24) is 10.2 Å². The monoisotopic (exact) mass is 486 g/mol. The van der Waals surface area contributed by atoms with Crippen LogP contribution in [0, 0.1) is 0 Å². The van der Waals surface area contributed by atoms with Crippen LogP contribution in [0.4, 0.5) is 0 Å². The lowest BCUT2D eigenvalue weighted by molar-refractivity contribution is -0.139. The third-order valence-corrected chi connectivity index (χ3v) is 4.85. The zero-order valence-corrected chi connectivity index (χ0v) is 20.2. The molecule has 0 N–H and O–H groups in total. The predicted octanol–water partition coefficient (Wildman–Crippen LogP) is 3.54. The number of ether oxygens (including phenoxy) is 7. The van der Waals surface area contributed by atoms with E-state index >= 15 is 0 Å². The summed E-state index contributed by atoms with van der Waals surface area (Å²) in [6.45, 7) is -0.219. The molecule has 3 rings (SSSR count). The van der Waals surface area contributed by atoms with E-state index in [9.17, 15) is 4.79 Å². The van der Waals surface area contributed by atoms with E-state index in [1.165, 1.54) is 54.8 Å². The van der Waals surface area contributed by atoms with Crippen molar-refractivity contribution in [3.8, 4) is 46.0 Å². The second-order valence-corrected chi connectivity index (χ2v) is 6.81. The fourth-order valence-electron chi connectivity index (χ4n) is 3.16. The van der Waals surface area contributed by atoms with Crippen LogP contribution in [0.2, 0.25) is 0 Å². The molecule has 0 aliphatic carbocycles. The lowest BCUT2D eigenvalue weighted by atomic mass is 10.1. The highest BCUT2D eigenvalue weighted by Crippen LogP contribution is 2.41. The first-order valence-corrected chi connectivity index (χ1v) is 10.3. The van der Waals surface area contributed by atoms with Gasteiger partial charge in [0.15, 0.2) is 29.6 Å². The Balaban J connectivity index is 1.70. The molecule has 0 unspecified atom stereocenters. The van der Waals surface area contributed by atoms with Crippen LogP contribution < -0.4 is 28.4 Å². The Morgan fingerprint density at radius 1 is 0.771 bits per heavy atom. The number of carbonyl (C=O) groups is 1. The van der Waals surface area contributed by atoms with Crippen LogP contribution in [0.15, 0.2) is 34.8 Å². The summed E-state index contributed by atoms with van der Waals surface area (Å²) in [5.74, 6) is 2.49. The standard InChI is InChI=1S/C24H26N2O9/c1-28-16-12-18(30-3)17(29-2)9-14(16)7-8-22(27)34-13-21-25-26-24(35-21)15-10-19(31-4)23(33-6)20(11-15)32-5/h7-12H,13H2,1-6H3/b8-7+. The van der Waals surface area contributed by atoms with Gasteiger partial charge >= 0.3 is 5.97 Å². The van der Waals surface area contributed by atoms with E-state index in [-0.39, 0.29) is 18.4 Å². The van der Waals surface area contributed by atoms with Crippen LogP contribution in [0.3, 0.4) is 0 Å². The summed E-state index contributed by atoms with van der Waals surface area (Å²) in [6, 6.07) is 6.68. The Morgan fingerprint density at radius 2 is 1.37 bits per heavy atom. The Bertz CT molecular complexity index is 1180. The van der Waals surface area contributed by atoms with E-state index < -0.39 is 5.97 Å². The second kappa shape index (κ2) is 11.6. The molecule has 186 valence electrons. The fraction of sp³-hybridized carbons (Fsp3) is 0.292. The maximum Gasteiger partial charge on any atom is 0.331 e. The van der Waals surface area contributed by atoms with Crippen molar-refractivity contribution >= 4 is 12.0 Å². The molecule has 0 saturated carbocycles. The minimum atomic E-state index is -0.616. The molecule has 0 aliphatic rings. The van der Waals surface area contributed by atoms with Gasteiger partial charge in [-0.1, -0.05) is 0 Å². The number of carbonyl (C=O) groups excluding carboxylic acids is 1. The summed E-state index contributed by atoms with van der Waals surface area (Å²) < 4.78 is 42.7. The Hall–Kier alpha value is -4.41. The van der Waals surface area contributed by atoms with Crippen LogP contribution in [-0.4, -0.2) is 58.8 Å². The molecule has 1 heterocycles. The zero-order chi connectivity index (χ0) is 25.4. The minimum absolute atomic E-state index is 0.110. The van der Waals surface area contributed by atoms with Crippen molar-refractivity contribution in [3.05, 3.63) is 41.8 Å². The number of methoxy groups -OCH3 is 6. The van der Waals surface area contributed by atoms with Gasteiger partial charge in [0.25, 0.3) is 5.89 Å². The summed E-state index contributed by atoms with van der Waals surface area (Å²) in [6.07, 6.45) is 2.79. The van der Waals surface area contributed by atoms with Gasteiger partial charge in [-0.2, -0.15) is 0 Å². The fourth-order valence-corrected chi connectivity index (χ4v) is 3.16. The average molecular weight is 486 g/mol. The van der Waals surface area contributed by atoms with Crippen molar-refractivity contribution in [2.45, 2.75) is 6.61 Å². The maximum absolute atomic E-state index is 12.2. The Kier molecular flexibility index (Phi) is 8.38. The van der Waals surface area contributed by atoms with E-state index in [0.29, 0.717) is 45.6 Å². The van der Waals surface area contributed by atoms with Crippen molar-refractivity contribution in [1.29, 1.82) is 0 Å². The Morgan fingerprint density at radius 3 is 1.94 bits per heavy atom. The molecule has 35 heavy (non-hydrogen) atoms. The molecule has 0 amide bonds. The third kappa shape index (κ3) is 5.75. The van der Waals surface area contributed by atoms with E-state index in [0.717, 1.165) is 0 Å². The highest BCUT2D eigenvalue weighted by molar-refractivity contribution is 5.87. The molecule has 2 aromatic carbocycles. The third-order valence-electron chi connectivity index (χ3n) is 4.85. The smallest absolute Gasteiger partial charge is 0.331 e. The number of rotatable bonds is 11.